The predicted octanol–water partition coefficient (Wildman–Crippen LogP) is 1.87. The van der Waals surface area contributed by atoms with Crippen molar-refractivity contribution in [1.82, 2.24) is 10.2 Å². The average Bonchev–Trinajstić information content (AvgIpc) is 2.66. The number of aromatic amines is 1. The molecular formula is C12H10BrN3O2. The third-order valence-corrected chi connectivity index (χ3v) is 3.42. The maximum absolute atomic E-state index is 11.3. The second-order valence-corrected chi connectivity index (χ2v) is 4.94. The zero-order chi connectivity index (χ0) is 12.7. The number of hydrogen-bond acceptors (Lipinski definition) is 3. The summed E-state index contributed by atoms with van der Waals surface area (Å²) in [5.74, 6) is 0.259. The van der Waals surface area contributed by atoms with Gasteiger partial charge in [-0.15, -0.1) is 0 Å². The van der Waals surface area contributed by atoms with Gasteiger partial charge in [0.05, 0.1) is 12.3 Å². The van der Waals surface area contributed by atoms with Crippen LogP contribution in [0.2, 0.25) is 0 Å². The van der Waals surface area contributed by atoms with E-state index in [-0.39, 0.29) is 0 Å². The molecule has 1 aromatic heterocycles. The van der Waals surface area contributed by atoms with Crippen LogP contribution in [0, 0.1) is 0 Å². The standard InChI is InChI=1S/C12H10BrN3O2/c13-6-1-2-7-9(5-6)18-4-3-8-10(7)15-16-11(8)12(14)17/h1-2,5H,3-4H2,(H2,14,17)(H,15,16). The minimum atomic E-state index is -0.496. The molecule has 1 aliphatic rings. The van der Waals surface area contributed by atoms with Gasteiger partial charge in [-0.2, -0.15) is 5.10 Å². The van der Waals surface area contributed by atoms with Crippen LogP contribution in [-0.4, -0.2) is 22.7 Å². The number of rotatable bonds is 1. The summed E-state index contributed by atoms with van der Waals surface area (Å²) in [5, 5.41) is 6.89. The lowest BCUT2D eigenvalue weighted by molar-refractivity contribution is 0.0994. The maximum Gasteiger partial charge on any atom is 0.267 e. The molecule has 0 fully saturated rings. The van der Waals surface area contributed by atoms with E-state index in [2.05, 4.69) is 26.1 Å². The Labute approximate surface area is 111 Å². The Morgan fingerprint density at radius 1 is 1.50 bits per heavy atom. The fourth-order valence-electron chi connectivity index (χ4n) is 2.11. The van der Waals surface area contributed by atoms with Gasteiger partial charge in [-0.05, 0) is 18.2 Å². The van der Waals surface area contributed by atoms with Crippen molar-refractivity contribution < 1.29 is 9.53 Å². The number of primary amides is 1. The number of fused-ring (bicyclic) bond motifs is 3. The topological polar surface area (TPSA) is 81.0 Å². The molecule has 92 valence electrons. The fourth-order valence-corrected chi connectivity index (χ4v) is 2.45. The molecule has 3 rings (SSSR count). The minimum absolute atomic E-state index is 0.365. The minimum Gasteiger partial charge on any atom is -0.492 e. The van der Waals surface area contributed by atoms with Crippen molar-refractivity contribution in [2.45, 2.75) is 6.42 Å². The van der Waals surface area contributed by atoms with Crippen molar-refractivity contribution in [3.63, 3.8) is 0 Å². The first kappa shape index (κ1) is 11.3. The molecule has 2 aromatic rings. The van der Waals surface area contributed by atoms with Gasteiger partial charge in [-0.25, -0.2) is 0 Å². The van der Waals surface area contributed by atoms with E-state index in [1.54, 1.807) is 0 Å². The van der Waals surface area contributed by atoms with E-state index < -0.39 is 5.91 Å². The number of halogens is 1. The van der Waals surface area contributed by atoms with E-state index >= 15 is 0 Å². The van der Waals surface area contributed by atoms with Crippen LogP contribution < -0.4 is 10.5 Å². The molecule has 1 amide bonds. The highest BCUT2D eigenvalue weighted by Gasteiger charge is 2.23. The first-order valence-electron chi connectivity index (χ1n) is 5.46. The molecule has 1 aromatic carbocycles. The lowest BCUT2D eigenvalue weighted by Gasteiger charge is -2.06. The van der Waals surface area contributed by atoms with Crippen LogP contribution in [-0.2, 0) is 6.42 Å². The summed E-state index contributed by atoms with van der Waals surface area (Å²) in [6.45, 7) is 0.496. The molecule has 0 atom stereocenters. The first-order chi connectivity index (χ1) is 8.66. The maximum atomic E-state index is 11.3. The lowest BCUT2D eigenvalue weighted by Crippen LogP contribution is -2.14. The highest BCUT2D eigenvalue weighted by atomic mass is 79.9. The first-order valence-corrected chi connectivity index (χ1v) is 6.26. The van der Waals surface area contributed by atoms with Gasteiger partial charge < -0.3 is 10.5 Å². The lowest BCUT2D eigenvalue weighted by atomic mass is 10.0. The summed E-state index contributed by atoms with van der Waals surface area (Å²) >= 11 is 3.40. The van der Waals surface area contributed by atoms with Crippen molar-refractivity contribution in [2.24, 2.45) is 5.73 Å². The second kappa shape index (κ2) is 4.13. The zero-order valence-electron chi connectivity index (χ0n) is 9.37. The average molecular weight is 308 g/mol. The predicted molar refractivity (Wildman–Crippen MR) is 69.4 cm³/mol. The SMILES string of the molecule is NC(=O)c1[nH]nc2c1CCOc1cc(Br)ccc1-2. The molecule has 3 N–H and O–H groups in total. The summed E-state index contributed by atoms with van der Waals surface area (Å²) < 4.78 is 6.61. The van der Waals surface area contributed by atoms with Crippen LogP contribution in [0.4, 0.5) is 0 Å². The molecule has 0 aliphatic carbocycles. The van der Waals surface area contributed by atoms with Crippen LogP contribution >= 0.6 is 15.9 Å². The number of nitrogens with two attached hydrogens (primary N) is 1. The van der Waals surface area contributed by atoms with Crippen molar-refractivity contribution in [2.75, 3.05) is 6.61 Å². The molecule has 0 radical (unpaired) electrons. The number of benzene rings is 1. The van der Waals surface area contributed by atoms with Gasteiger partial charge in [0.1, 0.15) is 11.4 Å². The highest BCUT2D eigenvalue weighted by Crippen LogP contribution is 2.36. The molecule has 18 heavy (non-hydrogen) atoms. The summed E-state index contributed by atoms with van der Waals surface area (Å²) in [7, 11) is 0. The summed E-state index contributed by atoms with van der Waals surface area (Å²) in [6.07, 6.45) is 0.608. The number of hydrogen-bond donors (Lipinski definition) is 2. The number of nitrogens with one attached hydrogen (secondary N) is 1. The van der Waals surface area contributed by atoms with Crippen LogP contribution in [0.5, 0.6) is 5.75 Å². The second-order valence-electron chi connectivity index (χ2n) is 4.03. The number of aromatic nitrogens is 2. The molecule has 6 heteroatoms. The molecular weight excluding hydrogens is 298 g/mol. The smallest absolute Gasteiger partial charge is 0.267 e. The molecule has 0 unspecified atom stereocenters. The monoisotopic (exact) mass is 307 g/mol. The van der Waals surface area contributed by atoms with Gasteiger partial charge in [0.15, 0.2) is 0 Å². The Balaban J connectivity index is 2.22. The number of H-pyrrole nitrogens is 1. The molecule has 0 saturated heterocycles. The normalized spacial score (nSPS) is 13.2. The van der Waals surface area contributed by atoms with Crippen LogP contribution in [0.3, 0.4) is 0 Å². The van der Waals surface area contributed by atoms with Gasteiger partial charge in [0, 0.05) is 22.0 Å². The zero-order valence-corrected chi connectivity index (χ0v) is 11.0. The van der Waals surface area contributed by atoms with E-state index in [1.165, 1.54) is 0 Å². The summed E-state index contributed by atoms with van der Waals surface area (Å²) in [4.78, 5) is 11.3. The third-order valence-electron chi connectivity index (χ3n) is 2.92. The highest BCUT2D eigenvalue weighted by molar-refractivity contribution is 9.10. The van der Waals surface area contributed by atoms with Crippen molar-refractivity contribution >= 4 is 21.8 Å². The van der Waals surface area contributed by atoms with Gasteiger partial charge in [0.2, 0.25) is 0 Å². The Bertz CT molecular complexity index is 636. The van der Waals surface area contributed by atoms with E-state index in [4.69, 9.17) is 10.5 Å². The van der Waals surface area contributed by atoms with Gasteiger partial charge in [-0.3, -0.25) is 9.89 Å². The van der Waals surface area contributed by atoms with Crippen LogP contribution in [0.1, 0.15) is 16.1 Å². The summed E-state index contributed by atoms with van der Waals surface area (Å²) in [5.41, 5.74) is 8.12. The van der Waals surface area contributed by atoms with E-state index in [0.717, 1.165) is 27.0 Å². The quantitative estimate of drug-likeness (QED) is 0.844. The Morgan fingerprint density at radius 3 is 3.11 bits per heavy atom. The van der Waals surface area contributed by atoms with E-state index in [9.17, 15) is 4.79 Å². The van der Waals surface area contributed by atoms with Crippen molar-refractivity contribution in [3.8, 4) is 17.0 Å². The van der Waals surface area contributed by atoms with Crippen molar-refractivity contribution in [3.05, 3.63) is 33.9 Å². The summed E-state index contributed by atoms with van der Waals surface area (Å²) in [6, 6.07) is 5.72. The van der Waals surface area contributed by atoms with Gasteiger partial charge in [0.25, 0.3) is 5.91 Å². The Morgan fingerprint density at radius 2 is 2.33 bits per heavy atom. The number of amides is 1. The molecule has 0 bridgehead atoms. The number of carbonyl (C=O) groups is 1. The molecule has 5 nitrogen and oxygen atoms in total. The molecule has 2 heterocycles. The van der Waals surface area contributed by atoms with Gasteiger partial charge >= 0.3 is 0 Å². The van der Waals surface area contributed by atoms with Crippen LogP contribution in [0.25, 0.3) is 11.3 Å². The van der Waals surface area contributed by atoms with Crippen molar-refractivity contribution in [1.29, 1.82) is 0 Å². The Hall–Kier alpha value is -1.82. The molecule has 0 saturated carbocycles. The number of nitrogens with zero attached hydrogens (tertiary/aromatic N) is 1. The largest absolute Gasteiger partial charge is 0.492 e. The van der Waals surface area contributed by atoms with E-state index in [0.29, 0.717) is 18.7 Å². The number of carbonyl (C=O) groups excluding carboxylic acids is 1. The third kappa shape index (κ3) is 1.69. The fraction of sp³-hybridized carbons (Fsp3) is 0.167. The van der Waals surface area contributed by atoms with Crippen LogP contribution in [0.15, 0.2) is 22.7 Å². The van der Waals surface area contributed by atoms with E-state index in [1.807, 2.05) is 18.2 Å². The number of ether oxygens (including phenoxy) is 1. The molecule has 1 aliphatic heterocycles. The molecule has 0 spiro atoms. The van der Waals surface area contributed by atoms with Gasteiger partial charge in [-0.1, -0.05) is 15.9 Å². The Kier molecular flexibility index (Phi) is 2.59.